The topological polar surface area (TPSA) is 69.2 Å². The van der Waals surface area contributed by atoms with Crippen molar-refractivity contribution in [1.82, 2.24) is 29.3 Å². The number of piperidine rings is 1. The fraction of sp³-hybridized carbons (Fsp3) is 0.316. The lowest BCUT2D eigenvalue weighted by atomic mass is 10.1. The first-order valence-electron chi connectivity index (χ1n) is 8.97. The van der Waals surface area contributed by atoms with E-state index in [1.165, 1.54) is 0 Å². The average Bonchev–Trinajstić information content (AvgIpc) is 3.23. The van der Waals surface area contributed by atoms with Crippen LogP contribution in [-0.4, -0.2) is 37.1 Å². The van der Waals surface area contributed by atoms with E-state index < -0.39 is 0 Å². The van der Waals surface area contributed by atoms with Crippen LogP contribution in [0.1, 0.15) is 24.4 Å². The number of hydrogen-bond donors (Lipinski definition) is 1. The van der Waals surface area contributed by atoms with Crippen LogP contribution >= 0.6 is 0 Å². The third-order valence-corrected chi connectivity index (χ3v) is 5.24. The minimum absolute atomic E-state index is 0.0111. The molecule has 1 saturated heterocycles. The maximum absolute atomic E-state index is 13.4. The van der Waals surface area contributed by atoms with Crippen LogP contribution in [0.15, 0.2) is 47.5 Å². The molecule has 5 rings (SSSR count). The number of nitrogens with one attached hydrogen (secondary N) is 1. The molecule has 1 N–H and O–H groups in total. The molecule has 1 aromatic carbocycles. The van der Waals surface area contributed by atoms with Crippen LogP contribution in [0.5, 0.6) is 0 Å². The van der Waals surface area contributed by atoms with E-state index in [0.717, 1.165) is 53.7 Å². The zero-order chi connectivity index (χ0) is 17.7. The first kappa shape index (κ1) is 15.3. The SMILES string of the molecule is Cc1ccc2c(c1)n(C1CCNCC1)c(=O)n2-c1ccc2cnnn2c1. The molecule has 0 spiro atoms. The fourth-order valence-electron chi connectivity index (χ4n) is 3.94. The number of benzene rings is 1. The minimum Gasteiger partial charge on any atom is -0.317 e. The third kappa shape index (κ3) is 2.28. The van der Waals surface area contributed by atoms with E-state index in [1.807, 2.05) is 29.0 Å². The van der Waals surface area contributed by atoms with Gasteiger partial charge in [-0.05, 0) is 62.7 Å². The van der Waals surface area contributed by atoms with Gasteiger partial charge in [0.2, 0.25) is 0 Å². The molecule has 0 amide bonds. The molecule has 0 aliphatic carbocycles. The Morgan fingerprint density at radius 2 is 1.96 bits per heavy atom. The maximum atomic E-state index is 13.4. The summed E-state index contributed by atoms with van der Waals surface area (Å²) < 4.78 is 5.47. The lowest BCUT2D eigenvalue weighted by Crippen LogP contribution is -2.34. The van der Waals surface area contributed by atoms with Crippen molar-refractivity contribution in [1.29, 1.82) is 0 Å². The van der Waals surface area contributed by atoms with Gasteiger partial charge < -0.3 is 5.32 Å². The van der Waals surface area contributed by atoms with Gasteiger partial charge in [-0.1, -0.05) is 11.3 Å². The lowest BCUT2D eigenvalue weighted by molar-refractivity contribution is 0.367. The van der Waals surface area contributed by atoms with Crippen molar-refractivity contribution >= 4 is 16.6 Å². The zero-order valence-electron chi connectivity index (χ0n) is 14.6. The van der Waals surface area contributed by atoms with Crippen molar-refractivity contribution in [2.75, 3.05) is 13.1 Å². The van der Waals surface area contributed by atoms with Gasteiger partial charge in [-0.25, -0.2) is 9.31 Å². The summed E-state index contributed by atoms with van der Waals surface area (Å²) in [4.78, 5) is 13.4. The van der Waals surface area contributed by atoms with Gasteiger partial charge in [0.1, 0.15) is 0 Å². The molecule has 4 aromatic rings. The normalized spacial score (nSPS) is 15.9. The van der Waals surface area contributed by atoms with Crippen LogP contribution in [0.3, 0.4) is 0 Å². The summed E-state index contributed by atoms with van der Waals surface area (Å²) in [5.74, 6) is 0. The second-order valence-electron chi connectivity index (χ2n) is 6.95. The second kappa shape index (κ2) is 5.81. The molecule has 0 saturated carbocycles. The molecule has 1 aliphatic heterocycles. The Labute approximate surface area is 149 Å². The van der Waals surface area contributed by atoms with Gasteiger partial charge in [0.25, 0.3) is 0 Å². The molecular formula is C19H20N6O. The van der Waals surface area contributed by atoms with Crippen molar-refractivity contribution in [2.24, 2.45) is 0 Å². The Bertz CT molecular complexity index is 1160. The minimum atomic E-state index is 0.0111. The number of nitrogens with zero attached hydrogens (tertiary/aromatic N) is 5. The predicted molar refractivity (Wildman–Crippen MR) is 100.0 cm³/mol. The summed E-state index contributed by atoms with van der Waals surface area (Å²) in [7, 11) is 0. The summed E-state index contributed by atoms with van der Waals surface area (Å²) in [5.41, 5.74) is 4.80. The number of aromatic nitrogens is 5. The highest BCUT2D eigenvalue weighted by Crippen LogP contribution is 2.26. The number of hydrogen-bond acceptors (Lipinski definition) is 4. The monoisotopic (exact) mass is 348 g/mol. The van der Waals surface area contributed by atoms with E-state index in [-0.39, 0.29) is 11.7 Å². The summed E-state index contributed by atoms with van der Waals surface area (Å²) in [6.45, 7) is 3.95. The predicted octanol–water partition coefficient (Wildman–Crippen LogP) is 2.07. The van der Waals surface area contributed by atoms with Crippen LogP contribution in [0.25, 0.3) is 22.2 Å². The number of imidazole rings is 1. The summed E-state index contributed by atoms with van der Waals surface area (Å²) in [6.07, 6.45) is 5.49. The highest BCUT2D eigenvalue weighted by atomic mass is 16.1. The Morgan fingerprint density at radius 1 is 1.12 bits per heavy atom. The summed E-state index contributed by atoms with van der Waals surface area (Å²) in [6, 6.07) is 10.3. The molecule has 1 fully saturated rings. The van der Waals surface area contributed by atoms with Crippen molar-refractivity contribution in [2.45, 2.75) is 25.8 Å². The largest absolute Gasteiger partial charge is 0.334 e. The van der Waals surface area contributed by atoms with E-state index in [1.54, 1.807) is 15.3 Å². The van der Waals surface area contributed by atoms with Gasteiger partial charge in [0.15, 0.2) is 0 Å². The highest BCUT2D eigenvalue weighted by Gasteiger charge is 2.23. The van der Waals surface area contributed by atoms with Crippen molar-refractivity contribution in [3.05, 3.63) is 58.8 Å². The maximum Gasteiger partial charge on any atom is 0.334 e. The van der Waals surface area contributed by atoms with Gasteiger partial charge in [-0.2, -0.15) is 0 Å². The Morgan fingerprint density at radius 3 is 2.81 bits per heavy atom. The highest BCUT2D eigenvalue weighted by molar-refractivity contribution is 5.79. The van der Waals surface area contributed by atoms with Crippen LogP contribution < -0.4 is 11.0 Å². The van der Waals surface area contributed by atoms with Crippen LogP contribution in [-0.2, 0) is 0 Å². The van der Waals surface area contributed by atoms with E-state index in [0.29, 0.717) is 0 Å². The quantitative estimate of drug-likeness (QED) is 0.602. The molecular weight excluding hydrogens is 328 g/mol. The Hall–Kier alpha value is -2.93. The number of fused-ring (bicyclic) bond motifs is 2. The van der Waals surface area contributed by atoms with Gasteiger partial charge in [0.05, 0.1) is 34.6 Å². The Kier molecular flexibility index (Phi) is 3.43. The molecule has 26 heavy (non-hydrogen) atoms. The Balaban J connectivity index is 1.79. The van der Waals surface area contributed by atoms with Crippen molar-refractivity contribution in [3.63, 3.8) is 0 Å². The molecule has 4 heterocycles. The molecule has 0 bridgehead atoms. The van der Waals surface area contributed by atoms with Gasteiger partial charge in [-0.15, -0.1) is 5.10 Å². The van der Waals surface area contributed by atoms with E-state index in [2.05, 4.69) is 34.7 Å². The molecule has 7 heteroatoms. The zero-order valence-corrected chi connectivity index (χ0v) is 14.6. The second-order valence-corrected chi connectivity index (χ2v) is 6.95. The number of pyridine rings is 1. The molecule has 132 valence electrons. The summed E-state index contributed by atoms with van der Waals surface area (Å²) in [5, 5.41) is 11.4. The van der Waals surface area contributed by atoms with Crippen molar-refractivity contribution < 1.29 is 0 Å². The van der Waals surface area contributed by atoms with Gasteiger partial charge in [0, 0.05) is 6.04 Å². The average molecular weight is 348 g/mol. The first-order chi connectivity index (χ1) is 12.7. The molecule has 3 aromatic heterocycles. The standard InChI is InChI=1S/C19H20N6O/c1-13-2-5-17-18(10-13)24(14-6-8-20-9-7-14)19(26)25(17)16-4-3-15-11-21-22-23(15)12-16/h2-5,10-12,14,20H,6-9H2,1H3. The van der Waals surface area contributed by atoms with Crippen LogP contribution in [0, 0.1) is 6.92 Å². The first-order valence-corrected chi connectivity index (χ1v) is 8.97. The molecule has 0 radical (unpaired) electrons. The number of rotatable bonds is 2. The van der Waals surface area contributed by atoms with Crippen molar-refractivity contribution in [3.8, 4) is 5.69 Å². The van der Waals surface area contributed by atoms with E-state index in [9.17, 15) is 4.79 Å². The molecule has 0 atom stereocenters. The van der Waals surface area contributed by atoms with Crippen LogP contribution in [0.4, 0.5) is 0 Å². The lowest BCUT2D eigenvalue weighted by Gasteiger charge is -2.23. The molecule has 0 unspecified atom stereocenters. The third-order valence-electron chi connectivity index (χ3n) is 5.24. The number of aryl methyl sites for hydroxylation is 1. The molecule has 1 aliphatic rings. The van der Waals surface area contributed by atoms with Crippen LogP contribution in [0.2, 0.25) is 0 Å². The van der Waals surface area contributed by atoms with E-state index in [4.69, 9.17) is 0 Å². The van der Waals surface area contributed by atoms with E-state index >= 15 is 0 Å². The molecule has 7 nitrogen and oxygen atoms in total. The van der Waals surface area contributed by atoms with Gasteiger partial charge in [-0.3, -0.25) is 9.13 Å². The smallest absolute Gasteiger partial charge is 0.317 e. The summed E-state index contributed by atoms with van der Waals surface area (Å²) >= 11 is 0. The van der Waals surface area contributed by atoms with Gasteiger partial charge >= 0.3 is 5.69 Å². The fourth-order valence-corrected chi connectivity index (χ4v) is 3.94.